The van der Waals surface area contributed by atoms with Crippen LogP contribution in [0.2, 0.25) is 0 Å². The van der Waals surface area contributed by atoms with Gasteiger partial charge in [0.15, 0.2) is 17.3 Å². The van der Waals surface area contributed by atoms with Crippen LogP contribution in [0.5, 0.6) is 11.5 Å². The number of rotatable bonds is 8. The van der Waals surface area contributed by atoms with Crippen LogP contribution in [0, 0.1) is 0 Å². The minimum Gasteiger partial charge on any atom is -0.454 e. The summed E-state index contributed by atoms with van der Waals surface area (Å²) in [5.41, 5.74) is 2.20. The lowest BCUT2D eigenvalue weighted by Crippen LogP contribution is -2.32. The summed E-state index contributed by atoms with van der Waals surface area (Å²) >= 11 is 0. The molecule has 0 fully saturated rings. The number of tetrazole rings is 1. The summed E-state index contributed by atoms with van der Waals surface area (Å²) in [6.45, 7) is 8.14. The molecule has 0 radical (unpaired) electrons. The number of H-pyrrole nitrogens is 1. The lowest BCUT2D eigenvalue weighted by molar-refractivity contribution is 0.174. The molecule has 5 rings (SSSR count). The molecule has 0 saturated carbocycles. The third kappa shape index (κ3) is 4.38. The van der Waals surface area contributed by atoms with Crippen molar-refractivity contribution in [2.75, 3.05) is 6.79 Å². The maximum atomic E-state index is 13.0. The smallest absolute Gasteiger partial charge is 0.252 e. The summed E-state index contributed by atoms with van der Waals surface area (Å²) in [7, 11) is 0. The molecule has 0 aliphatic carbocycles. The number of aromatic amines is 1. The van der Waals surface area contributed by atoms with Crippen LogP contribution >= 0.6 is 0 Å². The first-order chi connectivity index (χ1) is 16.4. The molecule has 0 atom stereocenters. The van der Waals surface area contributed by atoms with Gasteiger partial charge in [0, 0.05) is 30.1 Å². The van der Waals surface area contributed by atoms with Gasteiger partial charge in [0.1, 0.15) is 0 Å². The van der Waals surface area contributed by atoms with E-state index in [2.05, 4.69) is 58.3 Å². The second kappa shape index (κ2) is 8.90. The van der Waals surface area contributed by atoms with E-state index in [-0.39, 0.29) is 17.9 Å². The third-order valence-electron chi connectivity index (χ3n) is 6.39. The molecule has 2 aromatic heterocycles. The second-order valence-corrected chi connectivity index (χ2v) is 9.22. The summed E-state index contributed by atoms with van der Waals surface area (Å²) in [5, 5.41) is 13.4. The van der Waals surface area contributed by atoms with Crippen molar-refractivity contribution in [3.8, 4) is 11.5 Å². The molecular weight excluding hydrogens is 432 g/mol. The van der Waals surface area contributed by atoms with Crippen molar-refractivity contribution >= 4 is 10.9 Å². The van der Waals surface area contributed by atoms with Gasteiger partial charge >= 0.3 is 0 Å². The number of pyridine rings is 1. The Morgan fingerprint density at radius 1 is 1.06 bits per heavy atom. The highest BCUT2D eigenvalue weighted by Crippen LogP contribution is 2.35. The normalized spacial score (nSPS) is 13.2. The van der Waals surface area contributed by atoms with E-state index in [1.807, 2.05) is 41.1 Å². The molecule has 9 heteroatoms. The predicted molar refractivity (Wildman–Crippen MR) is 128 cm³/mol. The largest absolute Gasteiger partial charge is 0.454 e. The van der Waals surface area contributed by atoms with E-state index in [0.717, 1.165) is 28.7 Å². The molecular formula is C25H28N6O3. The topological polar surface area (TPSA) is 98.2 Å². The van der Waals surface area contributed by atoms with Gasteiger partial charge in [0.2, 0.25) is 6.79 Å². The van der Waals surface area contributed by atoms with Crippen molar-refractivity contribution in [3.63, 3.8) is 0 Å². The Balaban J connectivity index is 1.48. The minimum atomic E-state index is -0.208. The Bertz CT molecular complexity index is 1360. The van der Waals surface area contributed by atoms with Crippen molar-refractivity contribution in [3.05, 3.63) is 75.8 Å². The van der Waals surface area contributed by atoms with Gasteiger partial charge in [-0.15, -0.1) is 5.10 Å². The van der Waals surface area contributed by atoms with Crippen LogP contribution in [0.4, 0.5) is 0 Å². The van der Waals surface area contributed by atoms with Gasteiger partial charge in [-0.3, -0.25) is 9.69 Å². The van der Waals surface area contributed by atoms with Crippen molar-refractivity contribution in [2.45, 2.75) is 52.4 Å². The number of nitrogens with one attached hydrogen (secondary N) is 1. The number of fused-ring (bicyclic) bond motifs is 2. The highest BCUT2D eigenvalue weighted by molar-refractivity contribution is 5.83. The standard InChI is InChI=1S/C25H28N6O3/c1-4-25(2,3)31-23(27-28-29-31)15-30(13-17-8-6-5-7-9-17)14-19-10-18-11-21-22(34-16-33-21)12-20(18)26-24(19)32/h5-12H,4,13-16H2,1-3H3,(H,26,32). The van der Waals surface area contributed by atoms with Crippen LogP contribution in [0.15, 0.2) is 53.3 Å². The lowest BCUT2D eigenvalue weighted by atomic mass is 10.0. The van der Waals surface area contributed by atoms with Gasteiger partial charge < -0.3 is 14.5 Å². The Morgan fingerprint density at radius 3 is 2.59 bits per heavy atom. The number of hydrogen-bond acceptors (Lipinski definition) is 7. The first-order valence-corrected chi connectivity index (χ1v) is 11.4. The fraction of sp³-hybridized carbons (Fsp3) is 0.360. The maximum absolute atomic E-state index is 13.0. The van der Waals surface area contributed by atoms with E-state index in [1.54, 1.807) is 0 Å². The SMILES string of the molecule is CCC(C)(C)n1nnnc1CN(Cc1ccccc1)Cc1cc2cc3c(cc2[nH]c1=O)OCO3. The zero-order chi connectivity index (χ0) is 23.7. The van der Waals surface area contributed by atoms with Crippen molar-refractivity contribution in [1.82, 2.24) is 30.1 Å². The molecule has 1 aliphatic rings. The number of nitrogens with zero attached hydrogens (tertiary/aromatic N) is 5. The van der Waals surface area contributed by atoms with Crippen molar-refractivity contribution in [1.29, 1.82) is 0 Å². The molecule has 1 aliphatic heterocycles. The highest BCUT2D eigenvalue weighted by atomic mass is 16.7. The molecule has 0 amide bonds. The van der Waals surface area contributed by atoms with E-state index in [4.69, 9.17) is 9.47 Å². The van der Waals surface area contributed by atoms with E-state index in [1.165, 1.54) is 0 Å². The Labute approximate surface area is 197 Å². The van der Waals surface area contributed by atoms with Gasteiger partial charge in [0.25, 0.3) is 5.56 Å². The van der Waals surface area contributed by atoms with Crippen LogP contribution in [0.3, 0.4) is 0 Å². The summed E-state index contributed by atoms with van der Waals surface area (Å²) in [5.74, 6) is 2.10. The summed E-state index contributed by atoms with van der Waals surface area (Å²) < 4.78 is 12.8. The van der Waals surface area contributed by atoms with Crippen LogP contribution in [0.1, 0.15) is 44.1 Å². The lowest BCUT2D eigenvalue weighted by Gasteiger charge is -2.27. The molecule has 0 saturated heterocycles. The zero-order valence-corrected chi connectivity index (χ0v) is 19.6. The molecule has 0 unspecified atom stereocenters. The van der Waals surface area contributed by atoms with Crippen LogP contribution in [-0.4, -0.2) is 36.9 Å². The van der Waals surface area contributed by atoms with Crippen molar-refractivity contribution in [2.24, 2.45) is 0 Å². The van der Waals surface area contributed by atoms with Crippen LogP contribution < -0.4 is 15.0 Å². The number of aromatic nitrogens is 5. The Hall–Kier alpha value is -3.72. The number of hydrogen-bond donors (Lipinski definition) is 1. The predicted octanol–water partition coefficient (Wildman–Crippen LogP) is 3.59. The number of ether oxygens (including phenoxy) is 2. The average molecular weight is 461 g/mol. The second-order valence-electron chi connectivity index (χ2n) is 9.22. The fourth-order valence-corrected chi connectivity index (χ4v) is 4.13. The van der Waals surface area contributed by atoms with Gasteiger partial charge in [-0.1, -0.05) is 37.3 Å². The molecule has 2 aromatic carbocycles. The summed E-state index contributed by atoms with van der Waals surface area (Å²) in [6.07, 6.45) is 0.893. The van der Waals surface area contributed by atoms with Crippen LogP contribution in [-0.2, 0) is 25.2 Å². The zero-order valence-electron chi connectivity index (χ0n) is 19.6. The highest BCUT2D eigenvalue weighted by Gasteiger charge is 2.25. The molecule has 9 nitrogen and oxygen atoms in total. The van der Waals surface area contributed by atoms with Gasteiger partial charge in [0.05, 0.1) is 17.6 Å². The number of benzene rings is 2. The van der Waals surface area contributed by atoms with E-state index in [9.17, 15) is 4.79 Å². The minimum absolute atomic E-state index is 0.127. The molecule has 176 valence electrons. The summed E-state index contributed by atoms with van der Waals surface area (Å²) in [6, 6.07) is 15.8. The van der Waals surface area contributed by atoms with E-state index < -0.39 is 0 Å². The Morgan fingerprint density at radius 2 is 1.82 bits per heavy atom. The van der Waals surface area contributed by atoms with Gasteiger partial charge in [-0.05, 0) is 48.4 Å². The van der Waals surface area contributed by atoms with Gasteiger partial charge in [-0.2, -0.15) is 0 Å². The molecule has 34 heavy (non-hydrogen) atoms. The Kier molecular flexibility index (Phi) is 5.79. The van der Waals surface area contributed by atoms with E-state index in [0.29, 0.717) is 36.7 Å². The molecule has 3 heterocycles. The fourth-order valence-electron chi connectivity index (χ4n) is 4.13. The first kappa shape index (κ1) is 22.1. The van der Waals surface area contributed by atoms with Gasteiger partial charge in [-0.25, -0.2) is 4.68 Å². The quantitative estimate of drug-likeness (QED) is 0.429. The third-order valence-corrected chi connectivity index (χ3v) is 6.39. The molecule has 1 N–H and O–H groups in total. The maximum Gasteiger partial charge on any atom is 0.252 e. The summed E-state index contributed by atoms with van der Waals surface area (Å²) in [4.78, 5) is 18.2. The first-order valence-electron chi connectivity index (χ1n) is 11.4. The van der Waals surface area contributed by atoms with E-state index >= 15 is 0 Å². The van der Waals surface area contributed by atoms with Crippen LogP contribution in [0.25, 0.3) is 10.9 Å². The monoisotopic (exact) mass is 460 g/mol. The molecule has 4 aromatic rings. The molecule has 0 spiro atoms. The van der Waals surface area contributed by atoms with Crippen molar-refractivity contribution < 1.29 is 9.47 Å². The average Bonchev–Trinajstić information content (AvgIpc) is 3.48. The molecule has 0 bridgehead atoms.